The second-order valence-corrected chi connectivity index (χ2v) is 8.12. The number of benzene rings is 1. The molecule has 1 aromatic rings. The fraction of sp³-hybridized carbons (Fsp3) is 0.529. The topological polar surface area (TPSA) is 55.4 Å². The summed E-state index contributed by atoms with van der Waals surface area (Å²) in [7, 11) is -3.28. The molecule has 2 rings (SSSR count). The number of halogens is 1. The maximum Gasteiger partial charge on any atom is 0.215 e. The van der Waals surface area contributed by atoms with E-state index in [1.54, 1.807) is 24.3 Å². The van der Waals surface area contributed by atoms with Gasteiger partial charge in [-0.3, -0.25) is 0 Å². The number of hydrogen-bond donors (Lipinski definition) is 1. The highest BCUT2D eigenvalue weighted by Crippen LogP contribution is 2.26. The van der Waals surface area contributed by atoms with Crippen LogP contribution in [0.2, 0.25) is 5.02 Å². The monoisotopic (exact) mass is 357 g/mol. The maximum absolute atomic E-state index is 12.1. The minimum Gasteiger partial charge on any atom is -0.493 e. The number of ether oxygens (including phenoxy) is 1. The zero-order valence-electron chi connectivity index (χ0n) is 13.4. The molecular formula is C17H24ClNO3S. The molecule has 0 aliphatic heterocycles. The Balaban J connectivity index is 1.95. The Kier molecular flexibility index (Phi) is 6.93. The third-order valence-electron chi connectivity index (χ3n) is 4.05. The van der Waals surface area contributed by atoms with Gasteiger partial charge < -0.3 is 4.74 Å². The van der Waals surface area contributed by atoms with Gasteiger partial charge in [-0.1, -0.05) is 42.7 Å². The van der Waals surface area contributed by atoms with Crippen molar-refractivity contribution in [2.24, 2.45) is 5.92 Å². The summed E-state index contributed by atoms with van der Waals surface area (Å²) in [6.07, 6.45) is 7.39. The first-order chi connectivity index (χ1) is 11.0. The summed E-state index contributed by atoms with van der Waals surface area (Å²) in [5.74, 6) is 0.934. The normalized spacial score (nSPS) is 22.3. The van der Waals surface area contributed by atoms with Crippen molar-refractivity contribution in [3.8, 4) is 5.75 Å². The molecule has 1 fully saturated rings. The number of rotatable bonds is 7. The van der Waals surface area contributed by atoms with Gasteiger partial charge in [0.1, 0.15) is 5.75 Å². The van der Waals surface area contributed by atoms with Crippen molar-refractivity contribution in [1.82, 2.24) is 4.72 Å². The number of allylic oxidation sites excluding steroid dienone is 1. The van der Waals surface area contributed by atoms with Gasteiger partial charge in [0.25, 0.3) is 0 Å². The molecule has 128 valence electrons. The lowest BCUT2D eigenvalue weighted by Crippen LogP contribution is -2.44. The van der Waals surface area contributed by atoms with Crippen LogP contribution in [0.1, 0.15) is 32.6 Å². The Morgan fingerprint density at radius 1 is 1.35 bits per heavy atom. The zero-order valence-corrected chi connectivity index (χ0v) is 14.9. The van der Waals surface area contributed by atoms with Gasteiger partial charge in [-0.15, -0.1) is 0 Å². The van der Waals surface area contributed by atoms with Crippen LogP contribution in [0.25, 0.3) is 0 Å². The predicted octanol–water partition coefficient (Wildman–Crippen LogP) is 3.77. The highest BCUT2D eigenvalue weighted by molar-refractivity contribution is 7.89. The van der Waals surface area contributed by atoms with Crippen molar-refractivity contribution < 1.29 is 13.2 Å². The molecule has 1 saturated carbocycles. The third kappa shape index (κ3) is 6.16. The summed E-state index contributed by atoms with van der Waals surface area (Å²) in [5.41, 5.74) is 0. The van der Waals surface area contributed by atoms with Crippen LogP contribution >= 0.6 is 11.6 Å². The molecule has 0 spiro atoms. The summed E-state index contributed by atoms with van der Waals surface area (Å²) in [6.45, 7) is 2.31. The van der Waals surface area contributed by atoms with Gasteiger partial charge in [-0.2, -0.15) is 0 Å². The van der Waals surface area contributed by atoms with E-state index in [0.29, 0.717) is 11.6 Å². The quantitative estimate of drug-likeness (QED) is 0.755. The molecule has 2 atom stereocenters. The Morgan fingerprint density at radius 2 is 2.13 bits per heavy atom. The van der Waals surface area contributed by atoms with Crippen LogP contribution in [-0.4, -0.2) is 26.8 Å². The lowest BCUT2D eigenvalue weighted by atomic mass is 9.86. The lowest BCUT2D eigenvalue weighted by molar-refractivity contribution is 0.180. The largest absolute Gasteiger partial charge is 0.493 e. The highest BCUT2D eigenvalue weighted by atomic mass is 35.5. The van der Waals surface area contributed by atoms with Crippen molar-refractivity contribution >= 4 is 21.6 Å². The van der Waals surface area contributed by atoms with Gasteiger partial charge in [-0.25, -0.2) is 13.1 Å². The van der Waals surface area contributed by atoms with Crippen LogP contribution in [0, 0.1) is 5.92 Å². The molecule has 1 aromatic carbocycles. The molecule has 0 bridgehead atoms. The molecule has 0 unspecified atom stereocenters. The second kappa shape index (κ2) is 8.71. The van der Waals surface area contributed by atoms with E-state index in [1.165, 1.54) is 0 Å². The van der Waals surface area contributed by atoms with Gasteiger partial charge in [0, 0.05) is 17.0 Å². The number of nitrogens with one attached hydrogen (secondary N) is 1. The van der Waals surface area contributed by atoms with E-state index in [9.17, 15) is 8.42 Å². The Morgan fingerprint density at radius 3 is 2.87 bits per heavy atom. The van der Waals surface area contributed by atoms with Gasteiger partial charge in [0.2, 0.25) is 10.0 Å². The zero-order chi connectivity index (χ0) is 16.7. The van der Waals surface area contributed by atoms with E-state index in [4.69, 9.17) is 16.3 Å². The average Bonchev–Trinajstić information content (AvgIpc) is 2.52. The van der Waals surface area contributed by atoms with Crippen LogP contribution in [0.5, 0.6) is 5.75 Å². The second-order valence-electron chi connectivity index (χ2n) is 5.89. The molecule has 0 saturated heterocycles. The molecule has 0 aromatic heterocycles. The smallest absolute Gasteiger partial charge is 0.215 e. The standard InChI is InChI=1S/C17H24ClNO3S/c1-2-3-11-23(20,21)19-17-10-5-4-7-14(17)13-22-16-9-6-8-15(18)12-16/h2-3,6,8-9,12,14,17,19H,4-5,7,10-11,13H2,1H3/b3-2+/t14-,17+/m1/s1. The minimum absolute atomic E-state index is 0.0296. The first-order valence-electron chi connectivity index (χ1n) is 7.99. The number of sulfonamides is 1. The first-order valence-corrected chi connectivity index (χ1v) is 10.0. The molecule has 0 radical (unpaired) electrons. The molecule has 1 N–H and O–H groups in total. The third-order valence-corrected chi connectivity index (χ3v) is 5.58. The average molecular weight is 358 g/mol. The fourth-order valence-electron chi connectivity index (χ4n) is 2.82. The summed E-state index contributed by atoms with van der Waals surface area (Å²) in [5, 5.41) is 0.634. The summed E-state index contributed by atoms with van der Waals surface area (Å²) in [6, 6.07) is 7.22. The van der Waals surface area contributed by atoms with Crippen molar-refractivity contribution in [2.75, 3.05) is 12.4 Å². The van der Waals surface area contributed by atoms with Crippen molar-refractivity contribution in [3.63, 3.8) is 0 Å². The fourth-order valence-corrected chi connectivity index (χ4v) is 4.32. The van der Waals surface area contributed by atoms with E-state index < -0.39 is 10.0 Å². The lowest BCUT2D eigenvalue weighted by Gasteiger charge is -2.31. The van der Waals surface area contributed by atoms with E-state index >= 15 is 0 Å². The summed E-state index contributed by atoms with van der Waals surface area (Å²) in [4.78, 5) is 0. The van der Waals surface area contributed by atoms with Crippen LogP contribution < -0.4 is 9.46 Å². The number of hydrogen-bond acceptors (Lipinski definition) is 3. The molecule has 1 aliphatic carbocycles. The molecule has 23 heavy (non-hydrogen) atoms. The van der Waals surface area contributed by atoms with Gasteiger partial charge >= 0.3 is 0 Å². The summed E-state index contributed by atoms with van der Waals surface area (Å²) < 4.78 is 32.9. The molecule has 4 nitrogen and oxygen atoms in total. The first kappa shape index (κ1) is 18.3. The molecular weight excluding hydrogens is 334 g/mol. The van der Waals surface area contributed by atoms with Gasteiger partial charge in [-0.05, 0) is 38.0 Å². The van der Waals surface area contributed by atoms with Crippen molar-refractivity contribution in [1.29, 1.82) is 0 Å². The maximum atomic E-state index is 12.1. The van der Waals surface area contributed by atoms with Crippen LogP contribution in [-0.2, 0) is 10.0 Å². The molecule has 6 heteroatoms. The summed E-state index contributed by atoms with van der Waals surface area (Å²) >= 11 is 5.95. The van der Waals surface area contributed by atoms with Gasteiger partial charge in [0.05, 0.1) is 12.4 Å². The molecule has 0 heterocycles. The Hall–Kier alpha value is -1.04. The Bertz CT molecular complexity index is 630. The van der Waals surface area contributed by atoms with E-state index in [2.05, 4.69) is 4.72 Å². The highest BCUT2D eigenvalue weighted by Gasteiger charge is 2.28. The molecule has 1 aliphatic rings. The van der Waals surface area contributed by atoms with Crippen molar-refractivity contribution in [2.45, 2.75) is 38.6 Å². The Labute approximate surface area is 143 Å². The molecule has 0 amide bonds. The SMILES string of the molecule is C/C=C/CS(=O)(=O)N[C@H]1CCCC[C@@H]1COc1cccc(Cl)c1. The van der Waals surface area contributed by atoms with Crippen LogP contribution in [0.4, 0.5) is 0 Å². The minimum atomic E-state index is -3.28. The van der Waals surface area contributed by atoms with E-state index in [-0.39, 0.29) is 17.7 Å². The van der Waals surface area contributed by atoms with Crippen LogP contribution in [0.3, 0.4) is 0 Å². The van der Waals surface area contributed by atoms with E-state index in [1.807, 2.05) is 19.1 Å². The van der Waals surface area contributed by atoms with E-state index in [0.717, 1.165) is 31.4 Å². The van der Waals surface area contributed by atoms with Crippen LogP contribution in [0.15, 0.2) is 36.4 Å². The predicted molar refractivity (Wildman–Crippen MR) is 94.4 cm³/mol. The van der Waals surface area contributed by atoms with Gasteiger partial charge in [0.15, 0.2) is 0 Å². The van der Waals surface area contributed by atoms with Crippen molar-refractivity contribution in [3.05, 3.63) is 41.4 Å².